The maximum absolute atomic E-state index is 10.6. The SMILES string of the molecule is CC(O)CNCc1ccc(-n2cccc2)cc1.O=C(O)C(F)(F)F. The van der Waals surface area contributed by atoms with E-state index in [1.807, 2.05) is 24.5 Å². The van der Waals surface area contributed by atoms with Crippen LogP contribution in [-0.2, 0) is 11.3 Å². The molecule has 1 aromatic heterocycles. The van der Waals surface area contributed by atoms with Crippen LogP contribution in [0.15, 0.2) is 48.8 Å². The van der Waals surface area contributed by atoms with Gasteiger partial charge in [0.2, 0.25) is 0 Å². The lowest BCUT2D eigenvalue weighted by Gasteiger charge is -2.08. The molecule has 0 saturated heterocycles. The summed E-state index contributed by atoms with van der Waals surface area (Å²) in [6, 6.07) is 12.4. The lowest BCUT2D eigenvalue weighted by atomic mass is 10.2. The number of alkyl halides is 3. The van der Waals surface area contributed by atoms with Gasteiger partial charge in [0.1, 0.15) is 0 Å². The second-order valence-electron chi connectivity index (χ2n) is 5.04. The molecular formula is C16H19F3N2O3. The fourth-order valence-electron chi connectivity index (χ4n) is 1.72. The number of carboxylic acids is 1. The molecule has 132 valence electrons. The molecule has 0 spiro atoms. The summed E-state index contributed by atoms with van der Waals surface area (Å²) in [6.45, 7) is 3.19. The molecule has 0 aliphatic heterocycles. The molecule has 8 heteroatoms. The van der Waals surface area contributed by atoms with Gasteiger partial charge in [0.05, 0.1) is 6.10 Å². The third-order valence-corrected chi connectivity index (χ3v) is 2.85. The molecular weight excluding hydrogens is 325 g/mol. The van der Waals surface area contributed by atoms with E-state index < -0.39 is 12.1 Å². The average molecular weight is 344 g/mol. The van der Waals surface area contributed by atoms with E-state index in [1.165, 1.54) is 5.56 Å². The van der Waals surface area contributed by atoms with Crippen molar-refractivity contribution in [3.63, 3.8) is 0 Å². The predicted octanol–water partition coefficient (Wildman–Crippen LogP) is 2.58. The summed E-state index contributed by atoms with van der Waals surface area (Å²) in [6.07, 6.45) is -1.32. The summed E-state index contributed by atoms with van der Waals surface area (Å²) in [4.78, 5) is 8.90. The second kappa shape index (κ2) is 9.09. The number of carbonyl (C=O) groups is 1. The van der Waals surface area contributed by atoms with Gasteiger partial charge in [-0.15, -0.1) is 0 Å². The maximum atomic E-state index is 10.6. The number of hydrogen-bond acceptors (Lipinski definition) is 3. The van der Waals surface area contributed by atoms with Gasteiger partial charge in [0, 0.05) is 31.2 Å². The Hall–Kier alpha value is -2.32. The number of nitrogens with one attached hydrogen (secondary N) is 1. The van der Waals surface area contributed by atoms with Crippen molar-refractivity contribution in [2.45, 2.75) is 25.7 Å². The van der Waals surface area contributed by atoms with E-state index in [9.17, 15) is 13.2 Å². The maximum Gasteiger partial charge on any atom is 0.490 e. The summed E-state index contributed by atoms with van der Waals surface area (Å²) < 4.78 is 33.8. The monoisotopic (exact) mass is 344 g/mol. The molecule has 1 aromatic carbocycles. The van der Waals surface area contributed by atoms with E-state index in [2.05, 4.69) is 34.1 Å². The molecule has 3 N–H and O–H groups in total. The van der Waals surface area contributed by atoms with Crippen molar-refractivity contribution in [2.24, 2.45) is 0 Å². The van der Waals surface area contributed by atoms with Crippen LogP contribution in [0.3, 0.4) is 0 Å². The van der Waals surface area contributed by atoms with E-state index in [1.54, 1.807) is 6.92 Å². The highest BCUT2D eigenvalue weighted by Gasteiger charge is 2.38. The van der Waals surface area contributed by atoms with Gasteiger partial charge in [-0.05, 0) is 36.8 Å². The Morgan fingerprint density at radius 2 is 1.71 bits per heavy atom. The number of benzene rings is 1. The van der Waals surface area contributed by atoms with E-state index in [-0.39, 0.29) is 6.10 Å². The van der Waals surface area contributed by atoms with E-state index in [4.69, 9.17) is 15.0 Å². The molecule has 24 heavy (non-hydrogen) atoms. The molecule has 0 aliphatic carbocycles. The predicted molar refractivity (Wildman–Crippen MR) is 82.8 cm³/mol. The number of aliphatic carboxylic acids is 1. The van der Waals surface area contributed by atoms with Crippen molar-refractivity contribution < 1.29 is 28.2 Å². The lowest BCUT2D eigenvalue weighted by Crippen LogP contribution is -2.23. The van der Waals surface area contributed by atoms with Crippen LogP contribution in [0.1, 0.15) is 12.5 Å². The summed E-state index contributed by atoms with van der Waals surface area (Å²) in [5.41, 5.74) is 2.39. The first-order valence-electron chi connectivity index (χ1n) is 7.11. The highest BCUT2D eigenvalue weighted by Crippen LogP contribution is 2.13. The molecule has 5 nitrogen and oxygen atoms in total. The van der Waals surface area contributed by atoms with Gasteiger partial charge in [-0.1, -0.05) is 12.1 Å². The minimum absolute atomic E-state index is 0.297. The molecule has 0 aliphatic rings. The number of nitrogens with zero attached hydrogens (tertiary/aromatic N) is 1. The number of rotatable bonds is 5. The van der Waals surface area contributed by atoms with Crippen LogP contribution in [0.4, 0.5) is 13.2 Å². The van der Waals surface area contributed by atoms with Crippen molar-refractivity contribution >= 4 is 5.97 Å². The Morgan fingerprint density at radius 1 is 1.21 bits per heavy atom. The summed E-state index contributed by atoms with van der Waals surface area (Å²) in [7, 11) is 0. The van der Waals surface area contributed by atoms with Crippen molar-refractivity contribution in [3.05, 3.63) is 54.4 Å². The average Bonchev–Trinajstić information content (AvgIpc) is 3.01. The van der Waals surface area contributed by atoms with Crippen LogP contribution >= 0.6 is 0 Å². The Morgan fingerprint density at radius 3 is 2.12 bits per heavy atom. The van der Waals surface area contributed by atoms with Gasteiger partial charge in [0.15, 0.2) is 0 Å². The van der Waals surface area contributed by atoms with Crippen LogP contribution in [0.2, 0.25) is 0 Å². The third kappa shape index (κ3) is 7.30. The Labute approximate surface area is 137 Å². The Balaban J connectivity index is 0.000000351. The first-order chi connectivity index (χ1) is 11.2. The molecule has 1 unspecified atom stereocenters. The van der Waals surface area contributed by atoms with Crippen LogP contribution in [-0.4, -0.2) is 39.6 Å². The van der Waals surface area contributed by atoms with Gasteiger partial charge >= 0.3 is 12.1 Å². The first-order valence-corrected chi connectivity index (χ1v) is 7.11. The van der Waals surface area contributed by atoms with Gasteiger partial charge in [-0.3, -0.25) is 0 Å². The van der Waals surface area contributed by atoms with Crippen LogP contribution in [0, 0.1) is 0 Å². The van der Waals surface area contributed by atoms with Gasteiger partial charge < -0.3 is 20.1 Å². The largest absolute Gasteiger partial charge is 0.490 e. The molecule has 0 saturated carbocycles. The van der Waals surface area contributed by atoms with Gasteiger partial charge in [-0.25, -0.2) is 4.79 Å². The normalized spacial score (nSPS) is 12.2. The molecule has 1 atom stereocenters. The molecule has 1 heterocycles. The van der Waals surface area contributed by atoms with Crippen molar-refractivity contribution in [2.75, 3.05) is 6.54 Å². The molecule has 0 bridgehead atoms. The zero-order valence-electron chi connectivity index (χ0n) is 13.0. The number of halogens is 3. The number of aliphatic hydroxyl groups is 1. The summed E-state index contributed by atoms with van der Waals surface area (Å²) >= 11 is 0. The smallest absolute Gasteiger partial charge is 0.475 e. The summed E-state index contributed by atoms with van der Waals surface area (Å²) in [5.74, 6) is -2.76. The topological polar surface area (TPSA) is 74.5 Å². The van der Waals surface area contributed by atoms with E-state index in [0.717, 1.165) is 12.2 Å². The van der Waals surface area contributed by atoms with Crippen molar-refractivity contribution in [3.8, 4) is 5.69 Å². The lowest BCUT2D eigenvalue weighted by molar-refractivity contribution is -0.192. The zero-order chi connectivity index (χ0) is 18.2. The Kier molecular flexibility index (Phi) is 7.47. The van der Waals surface area contributed by atoms with E-state index in [0.29, 0.717) is 6.54 Å². The standard InChI is InChI=1S/C14H18N2O.C2HF3O2/c1-12(17)10-15-11-13-4-6-14(7-5-13)16-8-2-3-9-16;3-2(4,5)1(6)7/h2-9,12,15,17H,10-11H2,1H3;(H,6,7). The summed E-state index contributed by atoms with van der Waals surface area (Å²) in [5, 5.41) is 19.5. The third-order valence-electron chi connectivity index (χ3n) is 2.85. The fourth-order valence-corrected chi connectivity index (χ4v) is 1.72. The van der Waals surface area contributed by atoms with Gasteiger partial charge in [-0.2, -0.15) is 13.2 Å². The van der Waals surface area contributed by atoms with Crippen LogP contribution < -0.4 is 5.32 Å². The van der Waals surface area contributed by atoms with Crippen LogP contribution in [0.5, 0.6) is 0 Å². The number of carboxylic acid groups (broad SMARTS) is 1. The minimum Gasteiger partial charge on any atom is -0.475 e. The molecule has 2 rings (SSSR count). The second-order valence-corrected chi connectivity index (χ2v) is 5.04. The van der Waals surface area contributed by atoms with E-state index >= 15 is 0 Å². The molecule has 2 aromatic rings. The zero-order valence-corrected chi connectivity index (χ0v) is 13.0. The van der Waals surface area contributed by atoms with Crippen molar-refractivity contribution in [1.29, 1.82) is 0 Å². The quantitative estimate of drug-likeness (QED) is 0.779. The highest BCUT2D eigenvalue weighted by atomic mass is 19.4. The highest BCUT2D eigenvalue weighted by molar-refractivity contribution is 5.73. The Bertz CT molecular complexity index is 608. The van der Waals surface area contributed by atoms with Crippen LogP contribution in [0.25, 0.3) is 5.69 Å². The molecule has 0 radical (unpaired) electrons. The minimum atomic E-state index is -5.08. The fraction of sp³-hybridized carbons (Fsp3) is 0.312. The number of aromatic nitrogens is 1. The molecule has 0 amide bonds. The number of aliphatic hydroxyl groups excluding tert-OH is 1. The first kappa shape index (κ1) is 19.7. The van der Waals surface area contributed by atoms with Gasteiger partial charge in [0.25, 0.3) is 0 Å². The van der Waals surface area contributed by atoms with Crippen molar-refractivity contribution in [1.82, 2.24) is 9.88 Å². The number of hydrogen-bond donors (Lipinski definition) is 3. The molecule has 0 fully saturated rings.